The van der Waals surface area contributed by atoms with Crippen molar-refractivity contribution in [3.8, 4) is 0 Å². The predicted octanol–water partition coefficient (Wildman–Crippen LogP) is 2.23. The molecule has 1 aliphatic heterocycles. The Balaban J connectivity index is 0.00000200. The van der Waals surface area contributed by atoms with Gasteiger partial charge in [0.15, 0.2) is 0 Å². The Morgan fingerprint density at radius 2 is 2.10 bits per heavy atom. The molecule has 1 amide bonds. The first kappa shape index (κ1) is 17.9. The highest BCUT2D eigenvalue weighted by molar-refractivity contribution is 7.99. The zero-order valence-electron chi connectivity index (χ0n) is 10.4. The van der Waals surface area contributed by atoms with Crippen LogP contribution in [0.2, 0.25) is 10.0 Å². The third-order valence-corrected chi connectivity index (χ3v) is 4.15. The van der Waals surface area contributed by atoms with Gasteiger partial charge in [-0.3, -0.25) is 10.1 Å². The van der Waals surface area contributed by atoms with Crippen LogP contribution < -0.4 is 10.6 Å². The fourth-order valence-corrected chi connectivity index (χ4v) is 3.25. The first-order valence-corrected chi connectivity index (χ1v) is 7.70. The molecule has 1 aromatic carbocycles. The molecule has 112 valence electrons. The van der Waals surface area contributed by atoms with Crippen LogP contribution in [0.3, 0.4) is 0 Å². The van der Waals surface area contributed by atoms with Crippen LogP contribution in [0.1, 0.15) is 11.7 Å². The summed E-state index contributed by atoms with van der Waals surface area (Å²) in [6.45, 7) is 0.137. The van der Waals surface area contributed by atoms with E-state index < -0.39 is 6.10 Å². The topological polar surface area (TPSA) is 61.4 Å². The van der Waals surface area contributed by atoms with Crippen molar-refractivity contribution >= 4 is 53.3 Å². The van der Waals surface area contributed by atoms with Crippen LogP contribution in [0.4, 0.5) is 0 Å². The van der Waals surface area contributed by atoms with Crippen molar-refractivity contribution in [1.29, 1.82) is 0 Å². The quantitative estimate of drug-likeness (QED) is 0.773. The molecule has 2 atom stereocenters. The lowest BCUT2D eigenvalue weighted by Gasteiger charge is -2.15. The van der Waals surface area contributed by atoms with E-state index in [9.17, 15) is 9.90 Å². The van der Waals surface area contributed by atoms with Gasteiger partial charge in [-0.2, -0.15) is 0 Å². The Morgan fingerprint density at radius 1 is 1.45 bits per heavy atom. The molecule has 0 radical (unpaired) electrons. The maximum Gasteiger partial charge on any atom is 0.238 e. The molecule has 0 bridgehead atoms. The predicted molar refractivity (Wildman–Crippen MR) is 85.9 cm³/mol. The summed E-state index contributed by atoms with van der Waals surface area (Å²) in [5, 5.41) is 16.7. The highest BCUT2D eigenvalue weighted by Gasteiger charge is 2.22. The second-order valence-electron chi connectivity index (χ2n) is 4.24. The van der Waals surface area contributed by atoms with Crippen LogP contribution >= 0.6 is 47.4 Å². The number of thioether (sulfide) groups is 1. The molecule has 1 saturated heterocycles. The number of nitrogens with one attached hydrogen (secondary N) is 2. The molecule has 1 aliphatic rings. The van der Waals surface area contributed by atoms with Gasteiger partial charge in [0.05, 0.1) is 12.1 Å². The van der Waals surface area contributed by atoms with Crippen LogP contribution in [0.15, 0.2) is 18.2 Å². The molecule has 0 aliphatic carbocycles. The van der Waals surface area contributed by atoms with Gasteiger partial charge in [0, 0.05) is 28.2 Å². The second-order valence-corrected chi connectivity index (χ2v) is 6.14. The summed E-state index contributed by atoms with van der Waals surface area (Å²) in [7, 11) is 0. The summed E-state index contributed by atoms with van der Waals surface area (Å²) in [6, 6.07) is 4.68. The van der Waals surface area contributed by atoms with Gasteiger partial charge in [-0.05, 0) is 23.8 Å². The largest absolute Gasteiger partial charge is 0.387 e. The van der Waals surface area contributed by atoms with Crippen LogP contribution in [-0.2, 0) is 4.79 Å². The molecule has 1 fully saturated rings. The molecule has 8 heteroatoms. The molecule has 0 spiro atoms. The van der Waals surface area contributed by atoms with Crippen LogP contribution in [0, 0.1) is 0 Å². The highest BCUT2D eigenvalue weighted by Crippen LogP contribution is 2.23. The van der Waals surface area contributed by atoms with E-state index in [1.807, 2.05) is 0 Å². The van der Waals surface area contributed by atoms with Crippen molar-refractivity contribution in [2.75, 3.05) is 18.2 Å². The third kappa shape index (κ3) is 4.98. The molecular formula is C12H15Cl3N2O2S. The van der Waals surface area contributed by atoms with E-state index in [-0.39, 0.29) is 30.9 Å². The summed E-state index contributed by atoms with van der Waals surface area (Å²) in [5.74, 6) is 1.44. The minimum atomic E-state index is -0.825. The van der Waals surface area contributed by atoms with E-state index in [1.54, 1.807) is 30.0 Å². The highest BCUT2D eigenvalue weighted by atomic mass is 35.5. The molecule has 1 aromatic rings. The number of benzene rings is 1. The van der Waals surface area contributed by atoms with Gasteiger partial charge in [0.25, 0.3) is 0 Å². The lowest BCUT2D eigenvalue weighted by Crippen LogP contribution is -2.43. The third-order valence-electron chi connectivity index (χ3n) is 2.77. The standard InChI is InChI=1S/C12H14Cl2N2O2S.ClH/c13-8-1-7(2-9(14)3-8)11(17)4-15-12(18)10-5-19-6-16-10;/h1-3,10-11,16-17H,4-6H2,(H,15,18);1H/t10-,11?;/m1./s1. The number of aliphatic hydroxyl groups excluding tert-OH is 1. The Labute approximate surface area is 138 Å². The number of hydrogen-bond acceptors (Lipinski definition) is 4. The summed E-state index contributed by atoms with van der Waals surface area (Å²) in [6.07, 6.45) is -0.825. The lowest BCUT2D eigenvalue weighted by molar-refractivity contribution is -0.122. The van der Waals surface area contributed by atoms with Crippen molar-refractivity contribution < 1.29 is 9.90 Å². The van der Waals surface area contributed by atoms with Crippen molar-refractivity contribution in [3.05, 3.63) is 33.8 Å². The van der Waals surface area contributed by atoms with Crippen molar-refractivity contribution in [3.63, 3.8) is 0 Å². The van der Waals surface area contributed by atoms with Gasteiger partial charge < -0.3 is 10.4 Å². The fourth-order valence-electron chi connectivity index (χ4n) is 1.77. The van der Waals surface area contributed by atoms with Gasteiger partial charge in [-0.15, -0.1) is 24.2 Å². The Kier molecular flexibility index (Phi) is 7.43. The van der Waals surface area contributed by atoms with Crippen molar-refractivity contribution in [1.82, 2.24) is 10.6 Å². The molecule has 0 aromatic heterocycles. The number of hydrogen-bond donors (Lipinski definition) is 3. The molecule has 0 saturated carbocycles. The van der Waals surface area contributed by atoms with Gasteiger partial charge in [0.2, 0.25) is 5.91 Å². The second kappa shape index (κ2) is 8.32. The number of aliphatic hydroxyl groups is 1. The van der Waals surface area contributed by atoms with Crippen LogP contribution in [0.5, 0.6) is 0 Å². The number of halogens is 3. The molecule has 1 heterocycles. The monoisotopic (exact) mass is 356 g/mol. The number of rotatable bonds is 4. The number of carbonyl (C=O) groups excluding carboxylic acids is 1. The Morgan fingerprint density at radius 3 is 2.65 bits per heavy atom. The van der Waals surface area contributed by atoms with E-state index in [2.05, 4.69) is 10.6 Å². The molecule has 20 heavy (non-hydrogen) atoms. The zero-order valence-corrected chi connectivity index (χ0v) is 13.6. The minimum absolute atomic E-state index is 0. The number of carbonyl (C=O) groups is 1. The molecule has 2 rings (SSSR count). The normalized spacial score (nSPS) is 19.2. The SMILES string of the molecule is Cl.O=C(NCC(O)c1cc(Cl)cc(Cl)c1)[C@H]1CSCN1. The minimum Gasteiger partial charge on any atom is -0.387 e. The van der Waals surface area contributed by atoms with E-state index in [1.165, 1.54) is 0 Å². The molecule has 4 nitrogen and oxygen atoms in total. The summed E-state index contributed by atoms with van der Waals surface area (Å²) < 4.78 is 0. The number of amides is 1. The van der Waals surface area contributed by atoms with E-state index in [0.717, 1.165) is 11.6 Å². The first-order chi connectivity index (χ1) is 9.06. The fraction of sp³-hybridized carbons (Fsp3) is 0.417. The van der Waals surface area contributed by atoms with Gasteiger partial charge in [0.1, 0.15) is 0 Å². The van der Waals surface area contributed by atoms with E-state index >= 15 is 0 Å². The average Bonchev–Trinajstić information content (AvgIpc) is 2.88. The Bertz CT molecular complexity index is 450. The van der Waals surface area contributed by atoms with Crippen LogP contribution in [0.25, 0.3) is 0 Å². The maximum atomic E-state index is 11.8. The van der Waals surface area contributed by atoms with Gasteiger partial charge >= 0.3 is 0 Å². The molecule has 3 N–H and O–H groups in total. The molecule has 1 unspecified atom stereocenters. The molecular weight excluding hydrogens is 343 g/mol. The van der Waals surface area contributed by atoms with E-state index in [0.29, 0.717) is 15.6 Å². The lowest BCUT2D eigenvalue weighted by atomic mass is 10.1. The van der Waals surface area contributed by atoms with Gasteiger partial charge in [-0.1, -0.05) is 23.2 Å². The van der Waals surface area contributed by atoms with Crippen molar-refractivity contribution in [2.45, 2.75) is 12.1 Å². The summed E-state index contributed by atoms with van der Waals surface area (Å²) in [5.41, 5.74) is 0.589. The van der Waals surface area contributed by atoms with E-state index in [4.69, 9.17) is 23.2 Å². The van der Waals surface area contributed by atoms with Gasteiger partial charge in [-0.25, -0.2) is 0 Å². The smallest absolute Gasteiger partial charge is 0.238 e. The summed E-state index contributed by atoms with van der Waals surface area (Å²) >= 11 is 13.4. The zero-order chi connectivity index (χ0) is 13.8. The average molecular weight is 358 g/mol. The summed E-state index contributed by atoms with van der Waals surface area (Å²) in [4.78, 5) is 11.8. The first-order valence-electron chi connectivity index (χ1n) is 5.79. The van der Waals surface area contributed by atoms with Crippen LogP contribution in [-0.4, -0.2) is 35.2 Å². The Hall–Kier alpha value is -0.170. The van der Waals surface area contributed by atoms with Crippen molar-refractivity contribution in [2.24, 2.45) is 0 Å². The maximum absolute atomic E-state index is 11.8.